The Kier molecular flexibility index (Phi) is 3.35. The van der Waals surface area contributed by atoms with Gasteiger partial charge in [0.05, 0.1) is 5.02 Å². The van der Waals surface area contributed by atoms with E-state index >= 15 is 0 Å². The van der Waals surface area contributed by atoms with Gasteiger partial charge in [-0.2, -0.15) is 5.11 Å². The molecule has 0 fully saturated rings. The largest absolute Gasteiger partial charge is 0.349 e. The van der Waals surface area contributed by atoms with Crippen LogP contribution in [0.15, 0.2) is 18.2 Å². The van der Waals surface area contributed by atoms with Crippen LogP contribution in [0.2, 0.25) is 10.0 Å². The van der Waals surface area contributed by atoms with E-state index in [-0.39, 0.29) is 0 Å². The highest BCUT2D eigenvalue weighted by Crippen LogP contribution is 2.26. The lowest BCUT2D eigenvalue weighted by Crippen LogP contribution is -1.98. The number of methoxy groups -OCH3 is 1. The van der Waals surface area contributed by atoms with Gasteiger partial charge in [-0.05, 0) is 12.1 Å². The zero-order chi connectivity index (χ0) is 9.14. The van der Waals surface area contributed by atoms with Gasteiger partial charge in [0.15, 0.2) is 0 Å². The predicted octanol–water partition coefficient (Wildman–Crippen LogP) is 3.07. The molecule has 4 heteroatoms. The van der Waals surface area contributed by atoms with Crippen LogP contribution in [-0.2, 0) is 9.84 Å². The summed E-state index contributed by atoms with van der Waals surface area (Å²) in [4.78, 5) is 0. The van der Waals surface area contributed by atoms with E-state index in [1.165, 1.54) is 13.2 Å². The summed E-state index contributed by atoms with van der Waals surface area (Å²) in [5.41, 5.74) is 0.406. The first-order valence-corrected chi connectivity index (χ1v) is 4.04. The quantitative estimate of drug-likeness (QED) is 0.683. The second kappa shape index (κ2) is 4.10. The van der Waals surface area contributed by atoms with Crippen molar-refractivity contribution in [3.63, 3.8) is 0 Å². The van der Waals surface area contributed by atoms with Crippen molar-refractivity contribution < 1.29 is 9.84 Å². The molecule has 0 amide bonds. The summed E-state index contributed by atoms with van der Waals surface area (Å²) in [6, 6.07) is 4.68. The lowest BCUT2D eigenvalue weighted by atomic mass is 10.2. The SMILES string of the molecule is COC([O])c1ccc(Cl)cc1Cl. The van der Waals surface area contributed by atoms with Crippen molar-refractivity contribution in [3.05, 3.63) is 33.8 Å². The van der Waals surface area contributed by atoms with Crippen LogP contribution >= 0.6 is 23.2 Å². The van der Waals surface area contributed by atoms with Crippen molar-refractivity contribution in [2.45, 2.75) is 6.29 Å². The number of ether oxygens (including phenoxy) is 1. The van der Waals surface area contributed by atoms with Crippen LogP contribution in [-0.4, -0.2) is 7.11 Å². The maximum atomic E-state index is 11.1. The van der Waals surface area contributed by atoms with Gasteiger partial charge in [-0.3, -0.25) is 0 Å². The fourth-order valence-electron chi connectivity index (χ4n) is 0.820. The Balaban J connectivity index is 3.01. The summed E-state index contributed by atoms with van der Waals surface area (Å²) in [6.45, 7) is 0. The normalized spacial score (nSPS) is 13.0. The fraction of sp³-hybridized carbons (Fsp3) is 0.250. The fourth-order valence-corrected chi connectivity index (χ4v) is 1.32. The first kappa shape index (κ1) is 9.81. The number of hydrogen-bond donors (Lipinski definition) is 0. The molecule has 12 heavy (non-hydrogen) atoms. The molecule has 0 bridgehead atoms. The molecule has 1 aromatic carbocycles. The Hall–Kier alpha value is -0.280. The van der Waals surface area contributed by atoms with E-state index in [2.05, 4.69) is 4.74 Å². The third-order valence-corrected chi connectivity index (χ3v) is 1.99. The van der Waals surface area contributed by atoms with Crippen LogP contribution in [0.3, 0.4) is 0 Å². The third kappa shape index (κ3) is 2.11. The van der Waals surface area contributed by atoms with Gasteiger partial charge in [-0.25, -0.2) is 0 Å². The first-order valence-electron chi connectivity index (χ1n) is 3.28. The number of halogens is 2. The monoisotopic (exact) mass is 205 g/mol. The number of benzene rings is 1. The van der Waals surface area contributed by atoms with Gasteiger partial charge in [0.25, 0.3) is 0 Å². The van der Waals surface area contributed by atoms with Gasteiger partial charge in [-0.15, -0.1) is 0 Å². The van der Waals surface area contributed by atoms with E-state index in [1.54, 1.807) is 12.1 Å². The Morgan fingerprint density at radius 2 is 2.08 bits per heavy atom. The van der Waals surface area contributed by atoms with Crippen LogP contribution in [0.25, 0.3) is 0 Å². The summed E-state index contributed by atoms with van der Waals surface area (Å²) in [6.07, 6.45) is -1.24. The topological polar surface area (TPSA) is 29.1 Å². The molecule has 65 valence electrons. The van der Waals surface area contributed by atoms with Crippen LogP contribution in [0, 0.1) is 0 Å². The van der Waals surface area contributed by atoms with Gasteiger partial charge in [0.2, 0.25) is 6.29 Å². The molecule has 1 aromatic rings. The smallest absolute Gasteiger partial charge is 0.218 e. The molecule has 0 spiro atoms. The summed E-state index contributed by atoms with van der Waals surface area (Å²) >= 11 is 11.4. The number of hydrogen-bond acceptors (Lipinski definition) is 1. The third-order valence-electron chi connectivity index (χ3n) is 1.43. The average Bonchev–Trinajstić information content (AvgIpc) is 2.03. The molecular formula is C8H7Cl2O2. The van der Waals surface area contributed by atoms with Crippen molar-refractivity contribution in [3.8, 4) is 0 Å². The van der Waals surface area contributed by atoms with Crippen LogP contribution < -0.4 is 0 Å². The number of rotatable bonds is 2. The van der Waals surface area contributed by atoms with E-state index in [9.17, 15) is 5.11 Å². The summed E-state index contributed by atoms with van der Waals surface area (Å²) < 4.78 is 4.57. The van der Waals surface area contributed by atoms with E-state index in [0.717, 1.165) is 0 Å². The Labute approximate surface area is 80.7 Å². The van der Waals surface area contributed by atoms with Crippen molar-refractivity contribution in [1.29, 1.82) is 0 Å². The van der Waals surface area contributed by atoms with E-state index < -0.39 is 6.29 Å². The van der Waals surface area contributed by atoms with Crippen LogP contribution in [0.4, 0.5) is 0 Å². The van der Waals surface area contributed by atoms with Gasteiger partial charge in [0, 0.05) is 17.7 Å². The lowest BCUT2D eigenvalue weighted by molar-refractivity contribution is -0.123. The first-order chi connectivity index (χ1) is 5.65. The molecule has 1 rings (SSSR count). The van der Waals surface area contributed by atoms with E-state index in [1.807, 2.05) is 0 Å². The van der Waals surface area contributed by atoms with Crippen molar-refractivity contribution in [1.82, 2.24) is 0 Å². The van der Waals surface area contributed by atoms with E-state index in [4.69, 9.17) is 23.2 Å². The highest BCUT2D eigenvalue weighted by Gasteiger charge is 2.11. The Morgan fingerprint density at radius 3 is 2.58 bits per heavy atom. The molecule has 1 radical (unpaired) electrons. The minimum absolute atomic E-state index is 0.337. The molecule has 1 unspecified atom stereocenters. The molecule has 1 atom stereocenters. The zero-order valence-electron chi connectivity index (χ0n) is 6.38. The standard InChI is InChI=1S/C8H7Cl2O2/c1-12-8(11)6-3-2-5(9)4-7(6)10/h2-4,8H,1H3. The van der Waals surface area contributed by atoms with Gasteiger partial charge in [0.1, 0.15) is 0 Å². The second-order valence-corrected chi connectivity index (χ2v) is 3.08. The summed E-state index contributed by atoms with van der Waals surface area (Å²) in [7, 11) is 1.34. The van der Waals surface area contributed by atoms with Gasteiger partial charge >= 0.3 is 0 Å². The highest BCUT2D eigenvalue weighted by molar-refractivity contribution is 6.35. The van der Waals surface area contributed by atoms with E-state index in [0.29, 0.717) is 15.6 Å². The maximum Gasteiger partial charge on any atom is 0.218 e. The molecule has 0 aromatic heterocycles. The molecule has 0 saturated heterocycles. The molecular weight excluding hydrogens is 199 g/mol. The van der Waals surface area contributed by atoms with Gasteiger partial charge < -0.3 is 4.74 Å². The minimum atomic E-state index is -1.24. The molecule has 2 nitrogen and oxygen atoms in total. The van der Waals surface area contributed by atoms with Crippen LogP contribution in [0.5, 0.6) is 0 Å². The van der Waals surface area contributed by atoms with Gasteiger partial charge in [-0.1, -0.05) is 29.3 Å². The zero-order valence-corrected chi connectivity index (χ0v) is 7.89. The lowest BCUT2D eigenvalue weighted by Gasteiger charge is -2.07. The van der Waals surface area contributed by atoms with Crippen LogP contribution in [0.1, 0.15) is 11.9 Å². The highest BCUT2D eigenvalue weighted by atomic mass is 35.5. The predicted molar refractivity (Wildman–Crippen MR) is 46.9 cm³/mol. The minimum Gasteiger partial charge on any atom is -0.349 e. The summed E-state index contributed by atoms with van der Waals surface area (Å²) in [5, 5.41) is 11.9. The summed E-state index contributed by atoms with van der Waals surface area (Å²) in [5.74, 6) is 0. The maximum absolute atomic E-state index is 11.1. The molecule has 0 aliphatic carbocycles. The molecule has 0 heterocycles. The van der Waals surface area contributed by atoms with Crippen molar-refractivity contribution in [2.24, 2.45) is 0 Å². The Bertz CT molecular complexity index is 276. The average molecular weight is 206 g/mol. The second-order valence-electron chi connectivity index (χ2n) is 2.23. The molecule has 0 saturated carbocycles. The van der Waals surface area contributed by atoms with Crippen molar-refractivity contribution in [2.75, 3.05) is 7.11 Å². The molecule has 0 aliphatic rings. The Morgan fingerprint density at radius 1 is 1.42 bits per heavy atom. The van der Waals surface area contributed by atoms with Crippen molar-refractivity contribution >= 4 is 23.2 Å². The molecule has 0 N–H and O–H groups in total. The molecule has 0 aliphatic heterocycles.